The van der Waals surface area contributed by atoms with E-state index in [4.69, 9.17) is 23.1 Å². The minimum absolute atomic E-state index is 0.437. The molecule has 0 aromatic heterocycles. The molecule has 0 amide bonds. The minimum atomic E-state index is -0.868. The molecule has 2 nitrogen and oxygen atoms in total. The molecule has 1 rings (SSSR count). The molecule has 0 aliphatic rings. The maximum Gasteiger partial charge on any atom is 0.311 e. The van der Waals surface area contributed by atoms with Gasteiger partial charge in [-0.05, 0) is 24.1 Å². The van der Waals surface area contributed by atoms with Crippen molar-refractivity contribution in [3.63, 3.8) is 0 Å². The molecule has 0 saturated carbocycles. The van der Waals surface area contributed by atoms with Crippen LogP contribution in [0.2, 0.25) is 5.02 Å². The summed E-state index contributed by atoms with van der Waals surface area (Å²) in [5, 5.41) is 9.57. The molecule has 0 spiro atoms. The van der Waals surface area contributed by atoms with E-state index in [1.165, 1.54) is 0 Å². The normalized spacial score (nSPS) is 11.7. The Balaban J connectivity index is 2.89. The van der Waals surface area contributed by atoms with E-state index in [0.29, 0.717) is 23.4 Å². The van der Waals surface area contributed by atoms with Crippen LogP contribution in [0.5, 0.6) is 0 Å². The second-order valence-corrected chi connectivity index (χ2v) is 3.63. The number of aliphatic carboxylic acids is 1. The van der Waals surface area contributed by atoms with E-state index in [-0.39, 0.29) is 0 Å². The first-order chi connectivity index (χ1) is 7.15. The van der Waals surface area contributed by atoms with Gasteiger partial charge in [0.25, 0.3) is 0 Å². The predicted molar refractivity (Wildman–Crippen MR) is 59.9 cm³/mol. The van der Waals surface area contributed by atoms with Gasteiger partial charge in [0, 0.05) is 11.4 Å². The molecule has 1 N–H and O–H groups in total. The second-order valence-electron chi connectivity index (χ2n) is 3.19. The van der Waals surface area contributed by atoms with Crippen LogP contribution >= 0.6 is 11.6 Å². The number of rotatable bonds is 4. The standard InChI is InChI=1S/C12H11ClO2/c1-2-3-7-11(12(14)15)9-5-4-6-10(13)8-9/h1,4-6,8,11H,3,7H2,(H,14,15). The quantitative estimate of drug-likeness (QED) is 0.796. The molecular formula is C12H11ClO2. The molecule has 1 aromatic carbocycles. The number of carbonyl (C=O) groups is 1. The van der Waals surface area contributed by atoms with Crippen LogP contribution in [0.1, 0.15) is 24.3 Å². The van der Waals surface area contributed by atoms with Gasteiger partial charge in [-0.3, -0.25) is 4.79 Å². The molecule has 0 radical (unpaired) electrons. The molecule has 0 fully saturated rings. The number of terminal acetylenes is 1. The monoisotopic (exact) mass is 222 g/mol. The van der Waals surface area contributed by atoms with Crippen molar-refractivity contribution < 1.29 is 9.90 Å². The van der Waals surface area contributed by atoms with Crippen LogP contribution in [0, 0.1) is 12.3 Å². The first-order valence-corrected chi connectivity index (χ1v) is 4.94. The molecule has 1 atom stereocenters. The maximum atomic E-state index is 11.0. The summed E-state index contributed by atoms with van der Waals surface area (Å²) >= 11 is 5.79. The first kappa shape index (κ1) is 11.6. The number of benzene rings is 1. The third-order valence-electron chi connectivity index (χ3n) is 2.13. The van der Waals surface area contributed by atoms with Gasteiger partial charge in [-0.25, -0.2) is 0 Å². The molecule has 3 heteroatoms. The van der Waals surface area contributed by atoms with Gasteiger partial charge in [-0.15, -0.1) is 12.3 Å². The Morgan fingerprint density at radius 3 is 2.87 bits per heavy atom. The van der Waals surface area contributed by atoms with Crippen molar-refractivity contribution >= 4 is 17.6 Å². The van der Waals surface area contributed by atoms with Crippen molar-refractivity contribution in [1.29, 1.82) is 0 Å². The highest BCUT2D eigenvalue weighted by atomic mass is 35.5. The summed E-state index contributed by atoms with van der Waals surface area (Å²) in [5.74, 6) is 1.00. The number of carboxylic acid groups (broad SMARTS) is 1. The van der Waals surface area contributed by atoms with Gasteiger partial charge in [-0.1, -0.05) is 23.7 Å². The molecule has 78 valence electrons. The van der Waals surface area contributed by atoms with Crippen molar-refractivity contribution in [2.24, 2.45) is 0 Å². The highest BCUT2D eigenvalue weighted by Crippen LogP contribution is 2.23. The van der Waals surface area contributed by atoms with Crippen LogP contribution in [-0.2, 0) is 4.79 Å². The van der Waals surface area contributed by atoms with E-state index in [0.717, 1.165) is 0 Å². The molecule has 0 heterocycles. The fourth-order valence-electron chi connectivity index (χ4n) is 1.38. The molecular weight excluding hydrogens is 212 g/mol. The molecule has 0 aliphatic carbocycles. The van der Waals surface area contributed by atoms with E-state index in [9.17, 15) is 4.79 Å². The summed E-state index contributed by atoms with van der Waals surface area (Å²) < 4.78 is 0. The molecule has 0 saturated heterocycles. The van der Waals surface area contributed by atoms with E-state index in [2.05, 4.69) is 5.92 Å². The van der Waals surface area contributed by atoms with E-state index in [1.807, 2.05) is 0 Å². The van der Waals surface area contributed by atoms with Crippen LogP contribution in [0.15, 0.2) is 24.3 Å². The Kier molecular flexibility index (Phi) is 4.20. The van der Waals surface area contributed by atoms with Gasteiger partial charge < -0.3 is 5.11 Å². The SMILES string of the molecule is C#CCCC(C(=O)O)c1cccc(Cl)c1. The summed E-state index contributed by atoms with van der Waals surface area (Å²) in [5.41, 5.74) is 0.699. The van der Waals surface area contributed by atoms with Gasteiger partial charge in [0.2, 0.25) is 0 Å². The van der Waals surface area contributed by atoms with Crippen LogP contribution in [0.25, 0.3) is 0 Å². The largest absolute Gasteiger partial charge is 0.481 e. The van der Waals surface area contributed by atoms with Gasteiger partial charge in [0.1, 0.15) is 0 Å². The lowest BCUT2D eigenvalue weighted by atomic mass is 9.94. The number of carboxylic acids is 1. The summed E-state index contributed by atoms with van der Waals surface area (Å²) in [6.45, 7) is 0. The van der Waals surface area contributed by atoms with Crippen molar-refractivity contribution in [2.75, 3.05) is 0 Å². The Bertz CT molecular complexity index is 393. The van der Waals surface area contributed by atoms with Crippen LogP contribution in [0.4, 0.5) is 0 Å². The topological polar surface area (TPSA) is 37.3 Å². The lowest BCUT2D eigenvalue weighted by Crippen LogP contribution is -2.11. The van der Waals surface area contributed by atoms with E-state index >= 15 is 0 Å². The summed E-state index contributed by atoms with van der Waals surface area (Å²) in [4.78, 5) is 11.0. The van der Waals surface area contributed by atoms with Gasteiger partial charge in [0.15, 0.2) is 0 Å². The third kappa shape index (κ3) is 3.30. The summed E-state index contributed by atoms with van der Waals surface area (Å²) in [7, 11) is 0. The van der Waals surface area contributed by atoms with Gasteiger partial charge >= 0.3 is 5.97 Å². The average molecular weight is 223 g/mol. The van der Waals surface area contributed by atoms with E-state index in [1.54, 1.807) is 24.3 Å². The Morgan fingerprint density at radius 2 is 2.33 bits per heavy atom. The molecule has 0 aliphatic heterocycles. The predicted octanol–water partition coefficient (Wildman–Crippen LogP) is 2.92. The molecule has 0 bridgehead atoms. The fourth-order valence-corrected chi connectivity index (χ4v) is 1.58. The maximum absolute atomic E-state index is 11.0. The van der Waals surface area contributed by atoms with E-state index < -0.39 is 11.9 Å². The smallest absolute Gasteiger partial charge is 0.311 e. The Morgan fingerprint density at radius 1 is 1.60 bits per heavy atom. The van der Waals surface area contributed by atoms with Gasteiger partial charge in [0.05, 0.1) is 5.92 Å². The lowest BCUT2D eigenvalue weighted by molar-refractivity contribution is -0.138. The zero-order valence-corrected chi connectivity index (χ0v) is 8.87. The molecule has 1 unspecified atom stereocenters. The highest BCUT2D eigenvalue weighted by molar-refractivity contribution is 6.30. The third-order valence-corrected chi connectivity index (χ3v) is 2.36. The Hall–Kier alpha value is -1.46. The second kappa shape index (κ2) is 5.43. The Labute approximate surface area is 93.9 Å². The number of halogens is 1. The zero-order valence-electron chi connectivity index (χ0n) is 8.11. The van der Waals surface area contributed by atoms with Crippen molar-refractivity contribution in [2.45, 2.75) is 18.8 Å². The summed E-state index contributed by atoms with van der Waals surface area (Å²) in [6, 6.07) is 6.87. The summed E-state index contributed by atoms with van der Waals surface area (Å²) in [6.07, 6.45) is 6.00. The van der Waals surface area contributed by atoms with Crippen molar-refractivity contribution in [1.82, 2.24) is 0 Å². The average Bonchev–Trinajstić information content (AvgIpc) is 2.18. The fraction of sp³-hybridized carbons (Fsp3) is 0.250. The zero-order chi connectivity index (χ0) is 11.3. The van der Waals surface area contributed by atoms with Crippen LogP contribution in [0.3, 0.4) is 0 Å². The van der Waals surface area contributed by atoms with Crippen molar-refractivity contribution in [3.05, 3.63) is 34.9 Å². The van der Waals surface area contributed by atoms with Crippen LogP contribution in [-0.4, -0.2) is 11.1 Å². The minimum Gasteiger partial charge on any atom is -0.481 e. The highest BCUT2D eigenvalue weighted by Gasteiger charge is 2.18. The van der Waals surface area contributed by atoms with Crippen molar-refractivity contribution in [3.8, 4) is 12.3 Å². The first-order valence-electron chi connectivity index (χ1n) is 4.57. The molecule has 1 aromatic rings. The number of hydrogen-bond acceptors (Lipinski definition) is 1. The molecule has 15 heavy (non-hydrogen) atoms. The van der Waals surface area contributed by atoms with Gasteiger partial charge in [-0.2, -0.15) is 0 Å². The van der Waals surface area contributed by atoms with Crippen LogP contribution < -0.4 is 0 Å². The lowest BCUT2D eigenvalue weighted by Gasteiger charge is -2.11. The number of hydrogen-bond donors (Lipinski definition) is 1.